The molecule has 0 bridgehead atoms. The lowest BCUT2D eigenvalue weighted by Gasteiger charge is -2.15. The molecule has 0 aromatic heterocycles. The lowest BCUT2D eigenvalue weighted by atomic mass is 9.97. The summed E-state index contributed by atoms with van der Waals surface area (Å²) in [6.07, 6.45) is 2.72. The van der Waals surface area contributed by atoms with Crippen molar-refractivity contribution in [1.82, 2.24) is 10.9 Å². The molecule has 2 aromatic rings. The molecule has 8 nitrogen and oxygen atoms in total. The number of anilines is 2. The summed E-state index contributed by atoms with van der Waals surface area (Å²) in [6, 6.07) is 13.3. The van der Waals surface area contributed by atoms with E-state index in [1.807, 2.05) is 0 Å². The summed E-state index contributed by atoms with van der Waals surface area (Å²) in [6.45, 7) is 0. The third-order valence-corrected chi connectivity index (χ3v) is 4.38. The Morgan fingerprint density at radius 2 is 0.964 bits per heavy atom. The maximum Gasteiger partial charge on any atom is 0.271 e. The van der Waals surface area contributed by atoms with Gasteiger partial charge in [0.15, 0.2) is 0 Å². The van der Waals surface area contributed by atoms with Crippen molar-refractivity contribution in [3.8, 4) is 0 Å². The van der Waals surface area contributed by atoms with E-state index in [-0.39, 0.29) is 11.8 Å². The minimum Gasteiger partial charge on any atom is -0.399 e. The molecule has 0 radical (unpaired) electrons. The van der Waals surface area contributed by atoms with Gasteiger partial charge in [0, 0.05) is 33.9 Å². The second-order valence-corrected chi connectivity index (χ2v) is 6.48. The predicted molar refractivity (Wildman–Crippen MR) is 110 cm³/mol. The second kappa shape index (κ2) is 8.81. The standard InChI is InChI=1S/C20H22N6O2/c21-15-5-1-13(2-6-15)19(27)25-23-17-9-11-18(12-10-17)24-26-20(28)14-3-7-16(22)8-4-14/h1-8H,9-12,21-22H2,(H,25,27)(H,26,28). The van der Waals surface area contributed by atoms with Crippen molar-refractivity contribution in [3.63, 3.8) is 0 Å². The number of nitrogens with zero attached hydrogens (tertiary/aromatic N) is 2. The van der Waals surface area contributed by atoms with E-state index in [0.29, 0.717) is 48.2 Å². The number of carbonyl (C=O) groups excluding carboxylic acids is 2. The van der Waals surface area contributed by atoms with Crippen molar-refractivity contribution >= 4 is 34.6 Å². The van der Waals surface area contributed by atoms with Crippen LogP contribution >= 0.6 is 0 Å². The van der Waals surface area contributed by atoms with Crippen molar-refractivity contribution in [3.05, 3.63) is 59.7 Å². The molecular formula is C20H22N6O2. The van der Waals surface area contributed by atoms with Crippen LogP contribution in [0.4, 0.5) is 11.4 Å². The molecule has 6 N–H and O–H groups in total. The number of hydrogen-bond donors (Lipinski definition) is 4. The van der Waals surface area contributed by atoms with Crippen LogP contribution in [0.25, 0.3) is 0 Å². The van der Waals surface area contributed by atoms with E-state index in [2.05, 4.69) is 21.1 Å². The van der Waals surface area contributed by atoms with Crippen molar-refractivity contribution in [1.29, 1.82) is 0 Å². The summed E-state index contributed by atoms with van der Waals surface area (Å²) in [7, 11) is 0. The van der Waals surface area contributed by atoms with Gasteiger partial charge in [0.1, 0.15) is 0 Å². The van der Waals surface area contributed by atoms with E-state index in [0.717, 1.165) is 11.4 Å². The largest absolute Gasteiger partial charge is 0.399 e. The zero-order valence-corrected chi connectivity index (χ0v) is 15.3. The summed E-state index contributed by atoms with van der Waals surface area (Å²) in [5.74, 6) is -0.551. The third kappa shape index (κ3) is 5.16. The maximum absolute atomic E-state index is 12.1. The first-order valence-corrected chi connectivity index (χ1v) is 8.94. The Kier molecular flexibility index (Phi) is 6.01. The van der Waals surface area contributed by atoms with Gasteiger partial charge >= 0.3 is 0 Å². The number of hydrazone groups is 2. The molecule has 3 rings (SSSR count). The first kappa shape index (κ1) is 19.1. The van der Waals surface area contributed by atoms with E-state index in [4.69, 9.17) is 11.5 Å². The summed E-state index contributed by atoms with van der Waals surface area (Å²) in [4.78, 5) is 24.1. The molecule has 144 valence electrons. The van der Waals surface area contributed by atoms with E-state index in [9.17, 15) is 9.59 Å². The van der Waals surface area contributed by atoms with Crippen LogP contribution in [0.2, 0.25) is 0 Å². The zero-order chi connectivity index (χ0) is 19.9. The predicted octanol–water partition coefficient (Wildman–Crippen LogP) is 2.30. The molecule has 8 heteroatoms. The van der Waals surface area contributed by atoms with Crippen molar-refractivity contribution in [2.75, 3.05) is 11.5 Å². The monoisotopic (exact) mass is 378 g/mol. The molecule has 0 saturated heterocycles. The van der Waals surface area contributed by atoms with Crippen molar-refractivity contribution < 1.29 is 9.59 Å². The maximum atomic E-state index is 12.1. The summed E-state index contributed by atoms with van der Waals surface area (Å²) >= 11 is 0. The third-order valence-electron chi connectivity index (χ3n) is 4.38. The highest BCUT2D eigenvalue weighted by atomic mass is 16.2. The molecule has 0 heterocycles. The average Bonchev–Trinajstić information content (AvgIpc) is 2.72. The average molecular weight is 378 g/mol. The summed E-state index contributed by atoms with van der Waals surface area (Å²) < 4.78 is 0. The van der Waals surface area contributed by atoms with Gasteiger partial charge in [0.25, 0.3) is 11.8 Å². The SMILES string of the molecule is Nc1ccc(C(=O)NN=C2CCC(=NNC(=O)c3ccc(N)cc3)CC2)cc1. The van der Waals surface area contributed by atoms with Crippen molar-refractivity contribution in [2.24, 2.45) is 10.2 Å². The molecule has 0 atom stereocenters. The highest BCUT2D eigenvalue weighted by Crippen LogP contribution is 2.13. The van der Waals surface area contributed by atoms with Gasteiger partial charge in [-0.05, 0) is 74.2 Å². The molecular weight excluding hydrogens is 356 g/mol. The zero-order valence-electron chi connectivity index (χ0n) is 15.3. The van der Waals surface area contributed by atoms with Gasteiger partial charge in [0.05, 0.1) is 0 Å². The van der Waals surface area contributed by atoms with Gasteiger partial charge in [-0.2, -0.15) is 10.2 Å². The van der Waals surface area contributed by atoms with Crippen LogP contribution in [0.15, 0.2) is 58.7 Å². The van der Waals surface area contributed by atoms with Gasteiger partial charge in [-0.1, -0.05) is 0 Å². The molecule has 1 saturated carbocycles. The van der Waals surface area contributed by atoms with Crippen LogP contribution in [0, 0.1) is 0 Å². The fourth-order valence-corrected chi connectivity index (χ4v) is 2.71. The van der Waals surface area contributed by atoms with Gasteiger partial charge in [-0.3, -0.25) is 9.59 Å². The van der Waals surface area contributed by atoms with E-state index in [1.165, 1.54) is 0 Å². The number of nitrogen functional groups attached to an aromatic ring is 2. The van der Waals surface area contributed by atoms with Gasteiger partial charge in [0.2, 0.25) is 0 Å². The molecule has 0 unspecified atom stereocenters. The normalized spacial score (nSPS) is 13.6. The van der Waals surface area contributed by atoms with Crippen LogP contribution in [0.5, 0.6) is 0 Å². The lowest BCUT2D eigenvalue weighted by Crippen LogP contribution is -2.24. The van der Waals surface area contributed by atoms with Crippen LogP contribution in [-0.2, 0) is 0 Å². The highest BCUT2D eigenvalue weighted by molar-refractivity contribution is 6.01. The number of rotatable bonds is 4. The Morgan fingerprint density at radius 3 is 1.29 bits per heavy atom. The number of benzene rings is 2. The molecule has 0 aliphatic heterocycles. The fraction of sp³-hybridized carbons (Fsp3) is 0.200. The van der Waals surface area contributed by atoms with Crippen LogP contribution in [0.3, 0.4) is 0 Å². The van der Waals surface area contributed by atoms with Crippen LogP contribution in [0.1, 0.15) is 46.4 Å². The Morgan fingerprint density at radius 1 is 0.643 bits per heavy atom. The van der Waals surface area contributed by atoms with Gasteiger partial charge in [-0.15, -0.1) is 0 Å². The fourth-order valence-electron chi connectivity index (χ4n) is 2.71. The summed E-state index contributed by atoms with van der Waals surface area (Å²) in [5, 5.41) is 8.40. The smallest absolute Gasteiger partial charge is 0.271 e. The lowest BCUT2D eigenvalue weighted by molar-refractivity contribution is 0.0946. The number of nitrogens with one attached hydrogen (secondary N) is 2. The Labute approximate surface area is 162 Å². The first-order valence-electron chi connectivity index (χ1n) is 8.94. The quantitative estimate of drug-likeness (QED) is 0.479. The Balaban J connectivity index is 1.48. The van der Waals surface area contributed by atoms with Gasteiger partial charge in [-0.25, -0.2) is 10.9 Å². The van der Waals surface area contributed by atoms with Crippen LogP contribution < -0.4 is 22.3 Å². The number of amides is 2. The number of nitrogens with two attached hydrogens (primary N) is 2. The Hall–Kier alpha value is -3.68. The molecule has 2 amide bonds. The molecule has 1 aliphatic carbocycles. The van der Waals surface area contributed by atoms with Crippen LogP contribution in [-0.4, -0.2) is 23.2 Å². The minimum absolute atomic E-state index is 0.275. The topological polar surface area (TPSA) is 135 Å². The highest BCUT2D eigenvalue weighted by Gasteiger charge is 2.14. The minimum atomic E-state index is -0.275. The Bertz CT molecular complexity index is 827. The molecule has 0 spiro atoms. The number of hydrogen-bond acceptors (Lipinski definition) is 6. The van der Waals surface area contributed by atoms with Crippen molar-refractivity contribution in [2.45, 2.75) is 25.7 Å². The van der Waals surface area contributed by atoms with E-state index >= 15 is 0 Å². The summed E-state index contributed by atoms with van der Waals surface area (Å²) in [5.41, 5.74) is 20.4. The number of carbonyl (C=O) groups is 2. The second-order valence-electron chi connectivity index (χ2n) is 6.48. The first-order chi connectivity index (χ1) is 13.5. The molecule has 2 aromatic carbocycles. The van der Waals surface area contributed by atoms with E-state index < -0.39 is 0 Å². The molecule has 1 fully saturated rings. The molecule has 28 heavy (non-hydrogen) atoms. The molecule has 1 aliphatic rings. The van der Waals surface area contributed by atoms with E-state index in [1.54, 1.807) is 48.5 Å². The van der Waals surface area contributed by atoms with Gasteiger partial charge < -0.3 is 11.5 Å².